The number of ether oxygens (including phenoxy) is 1. The number of nitrogens with one attached hydrogen (secondary N) is 2. The quantitative estimate of drug-likeness (QED) is 0.107. The van der Waals surface area contributed by atoms with Crippen LogP contribution >= 0.6 is 11.8 Å². The maximum absolute atomic E-state index is 13.6. The van der Waals surface area contributed by atoms with Gasteiger partial charge in [-0.05, 0) is 85.5 Å². The molecule has 0 spiro atoms. The van der Waals surface area contributed by atoms with Crippen molar-refractivity contribution in [1.82, 2.24) is 10.6 Å². The maximum Gasteiger partial charge on any atom is 0.326 e. The van der Waals surface area contributed by atoms with E-state index in [9.17, 15) is 38.2 Å². The Kier molecular flexibility index (Phi) is 12.7. The number of thioether (sulfide) groups is 1. The van der Waals surface area contributed by atoms with Crippen LogP contribution in [0.5, 0.6) is 5.75 Å². The van der Waals surface area contributed by atoms with Crippen molar-refractivity contribution < 1.29 is 42.9 Å². The summed E-state index contributed by atoms with van der Waals surface area (Å²) in [5.74, 6) is -2.99. The molecule has 0 saturated carbocycles. The molecular formula is C33H36F2N4O7S. The molecule has 4 rings (SSSR count). The summed E-state index contributed by atoms with van der Waals surface area (Å²) >= 11 is 1.26. The van der Waals surface area contributed by atoms with Crippen LogP contribution in [0, 0.1) is 11.6 Å². The fourth-order valence-corrected chi connectivity index (χ4v) is 6.25. The number of β-lactam (4-membered cyclic amide) rings is 1. The second kappa shape index (κ2) is 16.9. The molecule has 0 aliphatic carbocycles. The van der Waals surface area contributed by atoms with Crippen LogP contribution in [-0.4, -0.2) is 70.6 Å². The number of nitrogens with two attached hydrogens (primary N) is 1. The standard InChI is InChI=1S/C33H36F2N4O7S/c34-22-8-4-20(5-9-22)27(40)19-47-31-30(39(32(31)43)24-12-10-23(35)11-13-24)21-6-14-25(15-7-21)46-18-29(42)37-17-28(41)38-26(33(44)45)3-1-2-16-36/h4-15,26-27,30-31,40H,1-3,16-19,36H2,(H,37,42)(H,38,41)(H,44,45)/t26-,27-,30-,31-/m1/s1. The first-order valence-electron chi connectivity index (χ1n) is 14.9. The van der Waals surface area contributed by atoms with Gasteiger partial charge >= 0.3 is 5.97 Å². The second-order valence-corrected chi connectivity index (χ2v) is 12.0. The Morgan fingerprint density at radius 1 is 0.936 bits per heavy atom. The maximum atomic E-state index is 13.6. The van der Waals surface area contributed by atoms with Gasteiger partial charge in [0.25, 0.3) is 5.91 Å². The van der Waals surface area contributed by atoms with Crippen molar-refractivity contribution in [2.75, 3.05) is 30.3 Å². The lowest BCUT2D eigenvalue weighted by Crippen LogP contribution is -2.57. The van der Waals surface area contributed by atoms with Gasteiger partial charge in [0.1, 0.15) is 28.7 Å². The SMILES string of the molecule is NCCCC[C@@H](NC(=O)CNC(=O)COc1ccc([C@@H]2[C@@H](SC[C@@H](O)c3ccc(F)cc3)C(=O)N2c2ccc(F)cc2)cc1)C(=O)O. The molecule has 1 aliphatic rings. The van der Waals surface area contributed by atoms with Gasteiger partial charge in [-0.3, -0.25) is 14.4 Å². The first-order valence-corrected chi connectivity index (χ1v) is 16.0. The zero-order chi connectivity index (χ0) is 33.9. The average Bonchev–Trinajstić information content (AvgIpc) is 3.06. The number of hydrogen-bond donors (Lipinski definition) is 5. The monoisotopic (exact) mass is 670 g/mol. The highest BCUT2D eigenvalue weighted by atomic mass is 32.2. The molecule has 3 amide bonds. The highest BCUT2D eigenvalue weighted by Crippen LogP contribution is 2.46. The van der Waals surface area contributed by atoms with E-state index in [-0.39, 0.29) is 18.1 Å². The van der Waals surface area contributed by atoms with Gasteiger partial charge < -0.3 is 36.2 Å². The van der Waals surface area contributed by atoms with E-state index in [1.54, 1.807) is 29.2 Å². The lowest BCUT2D eigenvalue weighted by Gasteiger charge is -2.47. The molecule has 0 unspecified atom stereocenters. The number of aliphatic carboxylic acids is 1. The number of benzene rings is 3. The van der Waals surface area contributed by atoms with Crippen molar-refractivity contribution in [2.24, 2.45) is 5.73 Å². The molecule has 1 aliphatic heterocycles. The molecule has 250 valence electrons. The van der Waals surface area contributed by atoms with Crippen LogP contribution in [0.25, 0.3) is 0 Å². The molecule has 14 heteroatoms. The minimum Gasteiger partial charge on any atom is -0.484 e. The van der Waals surface area contributed by atoms with Crippen molar-refractivity contribution in [3.05, 3.63) is 95.6 Å². The Hall–Kier alpha value is -4.53. The minimum absolute atomic E-state index is 0.176. The molecule has 6 N–H and O–H groups in total. The number of unbranched alkanes of at least 4 members (excludes halogenated alkanes) is 1. The normalized spacial score (nSPS) is 16.9. The van der Waals surface area contributed by atoms with E-state index in [0.717, 1.165) is 5.56 Å². The summed E-state index contributed by atoms with van der Waals surface area (Å²) in [6.07, 6.45) is 0.456. The summed E-state index contributed by atoms with van der Waals surface area (Å²) < 4.78 is 32.5. The van der Waals surface area contributed by atoms with E-state index in [2.05, 4.69) is 10.6 Å². The van der Waals surface area contributed by atoms with Crippen LogP contribution < -0.4 is 26.0 Å². The van der Waals surface area contributed by atoms with Crippen LogP contribution in [-0.2, 0) is 19.2 Å². The number of aliphatic hydroxyl groups excluding tert-OH is 1. The van der Waals surface area contributed by atoms with E-state index < -0.39 is 66.0 Å². The van der Waals surface area contributed by atoms with E-state index in [1.807, 2.05) is 0 Å². The highest BCUT2D eigenvalue weighted by molar-refractivity contribution is 8.00. The minimum atomic E-state index is -1.17. The third kappa shape index (κ3) is 9.73. The van der Waals surface area contributed by atoms with E-state index in [4.69, 9.17) is 10.5 Å². The Balaban J connectivity index is 1.34. The van der Waals surface area contributed by atoms with Crippen LogP contribution in [0.15, 0.2) is 72.8 Å². The molecule has 1 heterocycles. The predicted molar refractivity (Wildman–Crippen MR) is 172 cm³/mol. The number of rotatable bonds is 17. The largest absolute Gasteiger partial charge is 0.484 e. The van der Waals surface area contributed by atoms with Gasteiger partial charge in [-0.25, -0.2) is 13.6 Å². The summed E-state index contributed by atoms with van der Waals surface area (Å²) in [6, 6.07) is 16.2. The Bertz CT molecular complexity index is 1530. The smallest absolute Gasteiger partial charge is 0.326 e. The summed E-state index contributed by atoms with van der Waals surface area (Å²) in [4.78, 5) is 50.6. The van der Waals surface area contributed by atoms with E-state index >= 15 is 0 Å². The Morgan fingerprint density at radius 3 is 2.19 bits per heavy atom. The molecule has 3 aromatic rings. The van der Waals surface area contributed by atoms with E-state index in [1.165, 1.54) is 60.3 Å². The number of halogens is 2. The van der Waals surface area contributed by atoms with Crippen LogP contribution in [0.2, 0.25) is 0 Å². The van der Waals surface area contributed by atoms with Crippen molar-refractivity contribution in [3.63, 3.8) is 0 Å². The fraction of sp³-hybridized carbons (Fsp3) is 0.333. The number of carbonyl (C=O) groups excluding carboxylic acids is 3. The van der Waals surface area contributed by atoms with Crippen molar-refractivity contribution in [3.8, 4) is 5.75 Å². The number of aliphatic hydroxyl groups is 1. The van der Waals surface area contributed by atoms with Gasteiger partial charge in [-0.1, -0.05) is 24.3 Å². The second-order valence-electron chi connectivity index (χ2n) is 10.8. The fourth-order valence-electron chi connectivity index (χ4n) is 4.95. The molecule has 3 aromatic carbocycles. The molecule has 0 radical (unpaired) electrons. The number of hydrogen-bond acceptors (Lipinski definition) is 8. The number of carbonyl (C=O) groups is 4. The summed E-state index contributed by atoms with van der Waals surface area (Å²) in [5, 5.41) is 24.1. The van der Waals surface area contributed by atoms with Gasteiger partial charge in [0.15, 0.2) is 6.61 Å². The molecular weight excluding hydrogens is 634 g/mol. The zero-order valence-corrected chi connectivity index (χ0v) is 26.1. The Labute approximate surface area is 274 Å². The molecule has 1 saturated heterocycles. The van der Waals surface area contributed by atoms with Crippen molar-refractivity contribution >= 4 is 41.1 Å². The summed E-state index contributed by atoms with van der Waals surface area (Å²) in [6.45, 7) is -0.418. The summed E-state index contributed by atoms with van der Waals surface area (Å²) in [7, 11) is 0. The lowest BCUT2D eigenvalue weighted by molar-refractivity contribution is -0.142. The topological polar surface area (TPSA) is 171 Å². The molecule has 47 heavy (non-hydrogen) atoms. The van der Waals surface area contributed by atoms with Gasteiger partial charge in [-0.2, -0.15) is 0 Å². The van der Waals surface area contributed by atoms with Crippen LogP contribution in [0.1, 0.15) is 42.5 Å². The number of nitrogens with zero attached hydrogens (tertiary/aromatic N) is 1. The first-order chi connectivity index (χ1) is 22.6. The van der Waals surface area contributed by atoms with Crippen molar-refractivity contribution in [2.45, 2.75) is 42.7 Å². The Morgan fingerprint density at radius 2 is 1.57 bits per heavy atom. The number of anilines is 1. The number of carboxylic acids is 1. The van der Waals surface area contributed by atoms with Crippen LogP contribution in [0.4, 0.5) is 14.5 Å². The first kappa shape index (κ1) is 35.3. The van der Waals surface area contributed by atoms with Gasteiger partial charge in [-0.15, -0.1) is 11.8 Å². The van der Waals surface area contributed by atoms with Crippen LogP contribution in [0.3, 0.4) is 0 Å². The lowest BCUT2D eigenvalue weighted by atomic mass is 9.92. The average molecular weight is 671 g/mol. The number of carboxylic acid groups (broad SMARTS) is 1. The third-order valence-corrected chi connectivity index (χ3v) is 8.78. The zero-order valence-electron chi connectivity index (χ0n) is 25.3. The molecule has 0 aromatic heterocycles. The molecule has 0 bridgehead atoms. The number of amides is 3. The summed E-state index contributed by atoms with van der Waals surface area (Å²) in [5.41, 5.74) is 7.18. The molecule has 4 atom stereocenters. The van der Waals surface area contributed by atoms with Gasteiger partial charge in [0.05, 0.1) is 18.7 Å². The van der Waals surface area contributed by atoms with E-state index in [0.29, 0.717) is 36.4 Å². The molecule has 11 nitrogen and oxygen atoms in total. The third-order valence-electron chi connectivity index (χ3n) is 7.46. The predicted octanol–water partition coefficient (Wildman–Crippen LogP) is 3.08. The van der Waals surface area contributed by atoms with Gasteiger partial charge in [0.2, 0.25) is 11.8 Å². The molecule has 1 fully saturated rings. The highest BCUT2D eigenvalue weighted by Gasteiger charge is 2.49. The van der Waals surface area contributed by atoms with Gasteiger partial charge in [0, 0.05) is 11.4 Å². The van der Waals surface area contributed by atoms with Crippen molar-refractivity contribution in [1.29, 1.82) is 0 Å².